The second-order valence-electron chi connectivity index (χ2n) is 6.03. The summed E-state index contributed by atoms with van der Waals surface area (Å²) in [6, 6.07) is 0. The molecule has 0 spiro atoms. The average Bonchev–Trinajstić information content (AvgIpc) is 3.06. The molecule has 7 heteroatoms. The van der Waals surface area contributed by atoms with Gasteiger partial charge in [0.2, 0.25) is 5.91 Å². The summed E-state index contributed by atoms with van der Waals surface area (Å²) in [6.45, 7) is 0.492. The Morgan fingerprint density at radius 1 is 0.955 bits per heavy atom. The second-order valence-corrected chi connectivity index (χ2v) is 6.03. The van der Waals surface area contributed by atoms with E-state index in [1.807, 2.05) is 0 Å². The van der Waals surface area contributed by atoms with Crippen LogP contribution in [0.25, 0.3) is 0 Å². The summed E-state index contributed by atoms with van der Waals surface area (Å²) < 4.78 is 5.56. The normalized spacial score (nSPS) is 29.5. The molecule has 2 aliphatic heterocycles. The lowest BCUT2D eigenvalue weighted by Gasteiger charge is -2.23. The molecular formula is C15H23NO6. The zero-order chi connectivity index (χ0) is 16.1. The van der Waals surface area contributed by atoms with Crippen molar-refractivity contribution in [3.63, 3.8) is 0 Å². The lowest BCUT2D eigenvalue weighted by atomic mass is 9.78. The number of fused-ring (bicyclic) bond motifs is 2. The summed E-state index contributed by atoms with van der Waals surface area (Å²) in [6.07, 6.45) is 4.14. The number of carboxylic acids is 2. The number of unbranched alkanes of at least 4 members (excludes halogenated alkanes) is 3. The minimum atomic E-state index is -0.957. The minimum absolute atomic E-state index is 0.176. The van der Waals surface area contributed by atoms with Crippen LogP contribution >= 0.6 is 0 Å². The van der Waals surface area contributed by atoms with Crippen molar-refractivity contribution >= 4 is 17.8 Å². The summed E-state index contributed by atoms with van der Waals surface area (Å²) in [5.74, 6) is -3.28. The fraction of sp³-hybridized carbons (Fsp3) is 0.800. The molecule has 0 aliphatic carbocycles. The molecule has 2 unspecified atom stereocenters. The predicted molar refractivity (Wildman–Crippen MR) is 76.2 cm³/mol. The van der Waals surface area contributed by atoms with Gasteiger partial charge in [-0.1, -0.05) is 12.8 Å². The van der Waals surface area contributed by atoms with Crippen molar-refractivity contribution in [2.75, 3.05) is 6.54 Å². The Balaban J connectivity index is 1.67. The number of hydrogen-bond donors (Lipinski definition) is 3. The molecule has 0 aromatic heterocycles. The number of nitrogens with one attached hydrogen (secondary N) is 1. The van der Waals surface area contributed by atoms with E-state index in [2.05, 4.69) is 5.32 Å². The van der Waals surface area contributed by atoms with Crippen LogP contribution in [0.3, 0.4) is 0 Å². The predicted octanol–water partition coefficient (Wildman–Crippen LogP) is 1.02. The average molecular weight is 313 g/mol. The monoisotopic (exact) mass is 313 g/mol. The molecule has 2 rings (SSSR count). The number of aliphatic carboxylic acids is 2. The van der Waals surface area contributed by atoms with Crippen LogP contribution in [0.5, 0.6) is 0 Å². The number of rotatable bonds is 9. The van der Waals surface area contributed by atoms with Crippen molar-refractivity contribution in [2.24, 2.45) is 11.8 Å². The molecule has 0 saturated carbocycles. The van der Waals surface area contributed by atoms with Crippen LogP contribution in [0.1, 0.15) is 44.9 Å². The van der Waals surface area contributed by atoms with Gasteiger partial charge in [0.25, 0.3) is 0 Å². The Bertz CT molecular complexity index is 438. The molecule has 2 fully saturated rings. The summed E-state index contributed by atoms with van der Waals surface area (Å²) in [5, 5.41) is 20.6. The number of ether oxygens (including phenoxy) is 1. The SMILES string of the molecule is O=C(O)CCCCCCNC(=O)C1C(C(=O)O)[C@H]2CC[C@H]1O2. The van der Waals surface area contributed by atoms with Crippen LogP contribution in [-0.2, 0) is 19.1 Å². The van der Waals surface area contributed by atoms with Gasteiger partial charge in [0.1, 0.15) is 0 Å². The Labute approximate surface area is 129 Å². The van der Waals surface area contributed by atoms with Gasteiger partial charge in [0.15, 0.2) is 0 Å². The summed E-state index contributed by atoms with van der Waals surface area (Å²) in [4.78, 5) is 33.9. The molecule has 1 amide bonds. The Morgan fingerprint density at radius 2 is 1.59 bits per heavy atom. The number of carboxylic acid groups (broad SMARTS) is 2. The minimum Gasteiger partial charge on any atom is -0.481 e. The van der Waals surface area contributed by atoms with Gasteiger partial charge in [-0.15, -0.1) is 0 Å². The Kier molecular flexibility index (Phi) is 5.76. The van der Waals surface area contributed by atoms with Gasteiger partial charge in [-0.25, -0.2) is 0 Å². The third kappa shape index (κ3) is 3.97. The van der Waals surface area contributed by atoms with Crippen LogP contribution in [0.2, 0.25) is 0 Å². The van der Waals surface area contributed by atoms with E-state index in [0.29, 0.717) is 13.0 Å². The number of amides is 1. The zero-order valence-electron chi connectivity index (χ0n) is 12.5. The van der Waals surface area contributed by atoms with E-state index in [1.54, 1.807) is 0 Å². The fourth-order valence-corrected chi connectivity index (χ4v) is 3.41. The molecular weight excluding hydrogens is 290 g/mol. The number of hydrogen-bond acceptors (Lipinski definition) is 4. The topological polar surface area (TPSA) is 113 Å². The van der Waals surface area contributed by atoms with E-state index in [9.17, 15) is 19.5 Å². The molecule has 124 valence electrons. The smallest absolute Gasteiger partial charge is 0.310 e. The first-order valence-electron chi connectivity index (χ1n) is 7.88. The van der Waals surface area contributed by atoms with Crippen molar-refractivity contribution in [2.45, 2.75) is 57.2 Å². The highest BCUT2D eigenvalue weighted by Gasteiger charge is 2.55. The van der Waals surface area contributed by atoms with E-state index in [4.69, 9.17) is 9.84 Å². The summed E-state index contributed by atoms with van der Waals surface area (Å²) in [5.41, 5.74) is 0. The highest BCUT2D eigenvalue weighted by Crippen LogP contribution is 2.43. The van der Waals surface area contributed by atoms with Crippen molar-refractivity contribution < 1.29 is 29.3 Å². The Hall–Kier alpha value is -1.63. The van der Waals surface area contributed by atoms with Crippen LogP contribution in [-0.4, -0.2) is 46.8 Å². The standard InChI is InChI=1S/C15H23NO6/c17-11(18)5-3-1-2-4-8-16-14(19)12-9-6-7-10(22-9)13(12)15(20)21/h9-10,12-13H,1-8H2,(H,16,19)(H,17,18)(H,20,21)/t9-,10-,12?,13?/m1/s1. The van der Waals surface area contributed by atoms with Gasteiger partial charge in [-0.2, -0.15) is 0 Å². The summed E-state index contributed by atoms with van der Waals surface area (Å²) in [7, 11) is 0. The first kappa shape index (κ1) is 16.7. The third-order valence-corrected chi connectivity index (χ3v) is 4.48. The maximum atomic E-state index is 12.2. The van der Waals surface area contributed by atoms with E-state index < -0.39 is 23.8 Å². The molecule has 2 heterocycles. The van der Waals surface area contributed by atoms with Crippen molar-refractivity contribution in [3.05, 3.63) is 0 Å². The second kappa shape index (κ2) is 7.58. The largest absolute Gasteiger partial charge is 0.481 e. The van der Waals surface area contributed by atoms with E-state index in [-0.39, 0.29) is 24.5 Å². The van der Waals surface area contributed by atoms with E-state index >= 15 is 0 Å². The lowest BCUT2D eigenvalue weighted by molar-refractivity contribution is -0.147. The number of carbonyl (C=O) groups is 3. The van der Waals surface area contributed by atoms with E-state index in [1.165, 1.54) is 0 Å². The lowest BCUT2D eigenvalue weighted by Crippen LogP contribution is -2.44. The molecule has 2 saturated heterocycles. The van der Waals surface area contributed by atoms with Crippen LogP contribution < -0.4 is 5.32 Å². The van der Waals surface area contributed by atoms with Crippen LogP contribution in [0.4, 0.5) is 0 Å². The molecule has 4 atom stereocenters. The highest BCUT2D eigenvalue weighted by atomic mass is 16.5. The third-order valence-electron chi connectivity index (χ3n) is 4.48. The van der Waals surface area contributed by atoms with Crippen LogP contribution in [0, 0.1) is 11.8 Å². The Morgan fingerprint density at radius 3 is 2.23 bits per heavy atom. The van der Waals surface area contributed by atoms with Crippen molar-refractivity contribution in [1.82, 2.24) is 5.32 Å². The zero-order valence-corrected chi connectivity index (χ0v) is 12.5. The molecule has 0 radical (unpaired) electrons. The maximum Gasteiger partial charge on any atom is 0.310 e. The van der Waals surface area contributed by atoms with Crippen molar-refractivity contribution in [1.29, 1.82) is 0 Å². The highest BCUT2D eigenvalue weighted by molar-refractivity contribution is 5.86. The quantitative estimate of drug-likeness (QED) is 0.548. The van der Waals surface area contributed by atoms with E-state index in [0.717, 1.165) is 32.1 Å². The van der Waals surface area contributed by atoms with Crippen LogP contribution in [0.15, 0.2) is 0 Å². The van der Waals surface area contributed by atoms with Gasteiger partial charge in [0, 0.05) is 13.0 Å². The van der Waals surface area contributed by atoms with Gasteiger partial charge < -0.3 is 20.3 Å². The van der Waals surface area contributed by atoms with Gasteiger partial charge in [-0.3, -0.25) is 14.4 Å². The summed E-state index contributed by atoms with van der Waals surface area (Å²) >= 11 is 0. The molecule has 2 aliphatic rings. The number of carbonyl (C=O) groups excluding carboxylic acids is 1. The van der Waals surface area contributed by atoms with Gasteiger partial charge >= 0.3 is 11.9 Å². The molecule has 7 nitrogen and oxygen atoms in total. The first-order valence-corrected chi connectivity index (χ1v) is 7.88. The fourth-order valence-electron chi connectivity index (χ4n) is 3.41. The van der Waals surface area contributed by atoms with Gasteiger partial charge in [-0.05, 0) is 25.7 Å². The molecule has 0 aromatic rings. The first-order chi connectivity index (χ1) is 10.5. The molecule has 22 heavy (non-hydrogen) atoms. The molecule has 2 bridgehead atoms. The molecule has 0 aromatic carbocycles. The van der Waals surface area contributed by atoms with Gasteiger partial charge in [0.05, 0.1) is 24.0 Å². The molecule has 3 N–H and O–H groups in total. The van der Waals surface area contributed by atoms with Crippen molar-refractivity contribution in [3.8, 4) is 0 Å². The maximum absolute atomic E-state index is 12.2.